The molecule has 0 amide bonds. The molecule has 2 rings (SSSR count). The molecule has 1 aromatic heterocycles. The average Bonchev–Trinajstić information content (AvgIpc) is 2.42. The number of rotatable bonds is 4. The fourth-order valence-corrected chi connectivity index (χ4v) is 1.75. The van der Waals surface area contributed by atoms with Crippen molar-refractivity contribution in [3.63, 3.8) is 0 Å². The van der Waals surface area contributed by atoms with E-state index in [1.807, 2.05) is 6.07 Å². The zero-order valence-electron chi connectivity index (χ0n) is 10.4. The van der Waals surface area contributed by atoms with Crippen LogP contribution in [0.15, 0.2) is 42.6 Å². The summed E-state index contributed by atoms with van der Waals surface area (Å²) in [6.07, 6.45) is 1.63. The number of nitrogens with one attached hydrogen (secondary N) is 1. The molecule has 4 nitrogen and oxygen atoms in total. The quantitative estimate of drug-likeness (QED) is 0.866. The lowest BCUT2D eigenvalue weighted by molar-refractivity contribution is 0.0527. The maximum Gasteiger partial charge on any atom is 0.340 e. The number of ether oxygens (including phenoxy) is 1. The average molecular weight is 277 g/mol. The van der Waals surface area contributed by atoms with Gasteiger partial charge in [-0.2, -0.15) is 0 Å². The van der Waals surface area contributed by atoms with Crippen molar-refractivity contribution in [1.29, 1.82) is 0 Å². The fourth-order valence-electron chi connectivity index (χ4n) is 1.58. The predicted octanol–water partition coefficient (Wildman–Crippen LogP) is 3.66. The molecule has 1 heterocycles. The first-order valence-corrected chi connectivity index (χ1v) is 6.24. The molecule has 0 saturated heterocycles. The van der Waals surface area contributed by atoms with E-state index < -0.39 is 0 Å². The van der Waals surface area contributed by atoms with E-state index in [0.29, 0.717) is 28.7 Å². The van der Waals surface area contributed by atoms with Gasteiger partial charge < -0.3 is 10.1 Å². The third-order valence-corrected chi connectivity index (χ3v) is 2.74. The van der Waals surface area contributed by atoms with E-state index in [1.165, 1.54) is 0 Å². The van der Waals surface area contributed by atoms with Crippen molar-refractivity contribution in [3.8, 4) is 0 Å². The Kier molecular flexibility index (Phi) is 4.36. The Hall–Kier alpha value is -2.07. The molecule has 0 saturated carbocycles. The Morgan fingerprint density at radius 1 is 1.32 bits per heavy atom. The zero-order chi connectivity index (χ0) is 13.7. The summed E-state index contributed by atoms with van der Waals surface area (Å²) in [5.74, 6) is 0.124. The van der Waals surface area contributed by atoms with Crippen LogP contribution in [0, 0.1) is 0 Å². The molecule has 0 fully saturated rings. The minimum absolute atomic E-state index is 0.331. The second-order valence-corrected chi connectivity index (χ2v) is 4.13. The summed E-state index contributed by atoms with van der Waals surface area (Å²) in [7, 11) is 0. The summed E-state index contributed by atoms with van der Waals surface area (Å²) < 4.78 is 5.00. The minimum atomic E-state index is -0.377. The number of halogens is 1. The van der Waals surface area contributed by atoms with Crippen LogP contribution in [0.25, 0.3) is 0 Å². The highest BCUT2D eigenvalue weighted by molar-refractivity contribution is 6.33. The highest BCUT2D eigenvalue weighted by Gasteiger charge is 2.12. The van der Waals surface area contributed by atoms with E-state index in [0.717, 1.165) is 0 Å². The molecule has 0 aliphatic heterocycles. The van der Waals surface area contributed by atoms with Crippen LogP contribution in [0.5, 0.6) is 0 Å². The van der Waals surface area contributed by atoms with Crippen molar-refractivity contribution in [2.24, 2.45) is 0 Å². The number of esters is 1. The van der Waals surface area contributed by atoms with Crippen LogP contribution in [-0.4, -0.2) is 17.6 Å². The lowest BCUT2D eigenvalue weighted by atomic mass is 10.2. The number of para-hydroxylation sites is 1. The highest BCUT2D eigenvalue weighted by atomic mass is 35.5. The molecule has 0 aliphatic rings. The maximum absolute atomic E-state index is 11.8. The van der Waals surface area contributed by atoms with Crippen molar-refractivity contribution < 1.29 is 9.53 Å². The zero-order valence-corrected chi connectivity index (χ0v) is 11.1. The van der Waals surface area contributed by atoms with Crippen LogP contribution in [0.1, 0.15) is 17.3 Å². The van der Waals surface area contributed by atoms with Crippen LogP contribution in [0.2, 0.25) is 5.02 Å². The predicted molar refractivity (Wildman–Crippen MR) is 74.9 cm³/mol. The molecule has 5 heteroatoms. The van der Waals surface area contributed by atoms with E-state index in [2.05, 4.69) is 10.3 Å². The van der Waals surface area contributed by atoms with Gasteiger partial charge in [0, 0.05) is 6.20 Å². The smallest absolute Gasteiger partial charge is 0.340 e. The molecule has 2 aromatic rings. The summed E-state index contributed by atoms with van der Waals surface area (Å²) >= 11 is 6.03. The van der Waals surface area contributed by atoms with Gasteiger partial charge in [0.1, 0.15) is 5.82 Å². The van der Waals surface area contributed by atoms with Gasteiger partial charge in [0.05, 0.1) is 22.9 Å². The molecular formula is C14H13ClN2O2. The van der Waals surface area contributed by atoms with E-state index >= 15 is 0 Å². The maximum atomic E-state index is 11.8. The number of aromatic nitrogens is 1. The SMILES string of the molecule is CCOC(=O)c1ccccc1Nc1ncccc1Cl. The Morgan fingerprint density at radius 3 is 2.84 bits per heavy atom. The second kappa shape index (κ2) is 6.20. The van der Waals surface area contributed by atoms with Gasteiger partial charge in [0.15, 0.2) is 0 Å². The van der Waals surface area contributed by atoms with E-state index in [4.69, 9.17) is 16.3 Å². The fraction of sp³-hybridized carbons (Fsp3) is 0.143. The molecule has 19 heavy (non-hydrogen) atoms. The number of hydrogen-bond acceptors (Lipinski definition) is 4. The molecule has 0 bridgehead atoms. The summed E-state index contributed by atoms with van der Waals surface area (Å²) in [6, 6.07) is 10.5. The van der Waals surface area contributed by atoms with Crippen LogP contribution >= 0.6 is 11.6 Å². The first kappa shape index (κ1) is 13.4. The number of pyridine rings is 1. The van der Waals surface area contributed by atoms with Crippen molar-refractivity contribution in [3.05, 3.63) is 53.2 Å². The molecule has 0 atom stereocenters. The topological polar surface area (TPSA) is 51.2 Å². The third-order valence-electron chi connectivity index (χ3n) is 2.43. The van der Waals surface area contributed by atoms with Crippen LogP contribution in [-0.2, 0) is 4.74 Å². The lowest BCUT2D eigenvalue weighted by Crippen LogP contribution is -2.08. The van der Waals surface area contributed by atoms with Crippen molar-refractivity contribution in [1.82, 2.24) is 4.98 Å². The second-order valence-electron chi connectivity index (χ2n) is 3.72. The Morgan fingerprint density at radius 2 is 2.11 bits per heavy atom. The third kappa shape index (κ3) is 3.23. The first-order valence-electron chi connectivity index (χ1n) is 5.86. The summed E-state index contributed by atoms with van der Waals surface area (Å²) in [5.41, 5.74) is 1.06. The van der Waals surface area contributed by atoms with E-state index in [9.17, 15) is 4.79 Å². The van der Waals surface area contributed by atoms with Gasteiger partial charge in [-0.1, -0.05) is 23.7 Å². The Balaban J connectivity index is 2.30. The van der Waals surface area contributed by atoms with Gasteiger partial charge in [-0.3, -0.25) is 0 Å². The minimum Gasteiger partial charge on any atom is -0.462 e. The number of hydrogen-bond donors (Lipinski definition) is 1. The van der Waals surface area contributed by atoms with Gasteiger partial charge in [0.25, 0.3) is 0 Å². The largest absolute Gasteiger partial charge is 0.462 e. The number of nitrogens with zero attached hydrogens (tertiary/aromatic N) is 1. The monoisotopic (exact) mass is 276 g/mol. The first-order chi connectivity index (χ1) is 9.22. The molecule has 0 radical (unpaired) electrons. The van der Waals surface area contributed by atoms with Gasteiger partial charge in [-0.05, 0) is 31.2 Å². The number of benzene rings is 1. The molecular weight excluding hydrogens is 264 g/mol. The molecule has 0 aliphatic carbocycles. The molecule has 98 valence electrons. The highest BCUT2D eigenvalue weighted by Crippen LogP contribution is 2.25. The number of carbonyl (C=O) groups is 1. The summed E-state index contributed by atoms with van der Waals surface area (Å²) in [6.45, 7) is 2.10. The van der Waals surface area contributed by atoms with Gasteiger partial charge >= 0.3 is 5.97 Å². The summed E-state index contributed by atoms with van der Waals surface area (Å²) in [5, 5.41) is 3.52. The number of anilines is 2. The van der Waals surface area contributed by atoms with Crippen LogP contribution < -0.4 is 5.32 Å². The summed E-state index contributed by atoms with van der Waals surface area (Å²) in [4.78, 5) is 15.9. The van der Waals surface area contributed by atoms with E-state index in [-0.39, 0.29) is 5.97 Å². The van der Waals surface area contributed by atoms with Crippen molar-refractivity contribution in [2.45, 2.75) is 6.92 Å². The molecule has 0 unspecified atom stereocenters. The van der Waals surface area contributed by atoms with E-state index in [1.54, 1.807) is 43.5 Å². The van der Waals surface area contributed by atoms with Crippen LogP contribution in [0.4, 0.5) is 11.5 Å². The Labute approximate surface area is 116 Å². The molecule has 1 aromatic carbocycles. The molecule has 0 spiro atoms. The van der Waals surface area contributed by atoms with Gasteiger partial charge in [0.2, 0.25) is 0 Å². The standard InChI is InChI=1S/C14H13ClN2O2/c1-2-19-14(18)10-6-3-4-8-12(10)17-13-11(15)7-5-9-16-13/h3-9H,2H2,1H3,(H,16,17). The normalized spacial score (nSPS) is 10.0. The van der Waals surface area contributed by atoms with Crippen LogP contribution in [0.3, 0.4) is 0 Å². The number of carbonyl (C=O) groups excluding carboxylic acids is 1. The van der Waals surface area contributed by atoms with Crippen molar-refractivity contribution in [2.75, 3.05) is 11.9 Å². The Bertz CT molecular complexity index is 587. The molecule has 1 N–H and O–H groups in total. The van der Waals surface area contributed by atoms with Gasteiger partial charge in [-0.25, -0.2) is 9.78 Å². The lowest BCUT2D eigenvalue weighted by Gasteiger charge is -2.11. The van der Waals surface area contributed by atoms with Crippen molar-refractivity contribution >= 4 is 29.1 Å². The van der Waals surface area contributed by atoms with Gasteiger partial charge in [-0.15, -0.1) is 0 Å².